The van der Waals surface area contributed by atoms with E-state index < -0.39 is 0 Å². The fourth-order valence-corrected chi connectivity index (χ4v) is 2.47. The zero-order valence-electron chi connectivity index (χ0n) is 14.4. The third kappa shape index (κ3) is 4.73. The van der Waals surface area contributed by atoms with Gasteiger partial charge in [0.25, 0.3) is 0 Å². The van der Waals surface area contributed by atoms with E-state index in [1.165, 1.54) is 19.3 Å². The summed E-state index contributed by atoms with van der Waals surface area (Å²) in [5.74, 6) is 0.267. The molecule has 4 heteroatoms. The molecule has 2 N–H and O–H groups in total. The average Bonchev–Trinajstić information content (AvgIpc) is 2.58. The van der Waals surface area contributed by atoms with Crippen LogP contribution in [0.2, 0.25) is 0 Å². The topological polar surface area (TPSA) is 66.8 Å². The highest BCUT2D eigenvalue weighted by atomic mass is 16.5. The van der Waals surface area contributed by atoms with Gasteiger partial charge in [-0.05, 0) is 37.3 Å². The fraction of sp³-hybridized carbons (Fsp3) is 0.190. The summed E-state index contributed by atoms with van der Waals surface area (Å²) in [7, 11) is 1.50. The Balaban J connectivity index is 2.28. The van der Waals surface area contributed by atoms with Gasteiger partial charge in [0.2, 0.25) is 0 Å². The Morgan fingerprint density at radius 2 is 2.08 bits per heavy atom. The van der Waals surface area contributed by atoms with Gasteiger partial charge >= 0.3 is 0 Å². The molecule has 1 atom stereocenters. The van der Waals surface area contributed by atoms with E-state index in [2.05, 4.69) is 6.58 Å². The van der Waals surface area contributed by atoms with Gasteiger partial charge in [-0.15, -0.1) is 0 Å². The predicted octanol–water partition coefficient (Wildman–Crippen LogP) is 4.75. The average molecular weight is 338 g/mol. The molecule has 0 bridgehead atoms. The van der Waals surface area contributed by atoms with E-state index in [-0.39, 0.29) is 28.8 Å². The van der Waals surface area contributed by atoms with Gasteiger partial charge in [0.15, 0.2) is 5.78 Å². The minimum absolute atomic E-state index is 0.0443. The highest BCUT2D eigenvalue weighted by Gasteiger charge is 2.16. The fourth-order valence-electron chi connectivity index (χ4n) is 2.47. The number of carbonyl (C=O) groups excluding carboxylic acids is 1. The molecule has 0 aromatic heterocycles. The number of phenolic OH excluding ortho intramolecular Hbond substituents is 1. The molecule has 130 valence electrons. The molecule has 1 unspecified atom stereocenters. The molecule has 0 saturated heterocycles. The van der Waals surface area contributed by atoms with E-state index >= 15 is 0 Å². The molecule has 0 amide bonds. The van der Waals surface area contributed by atoms with Crippen LogP contribution in [0.15, 0.2) is 66.5 Å². The van der Waals surface area contributed by atoms with Crippen LogP contribution in [0.4, 0.5) is 0 Å². The second-order valence-corrected chi connectivity index (χ2v) is 5.89. The normalized spacial score (nSPS) is 17.0. The molecule has 0 fully saturated rings. The molecule has 0 radical (unpaired) electrons. The lowest BCUT2D eigenvalue weighted by Gasteiger charge is -2.11. The summed E-state index contributed by atoms with van der Waals surface area (Å²) in [5.41, 5.74) is 1.44. The lowest BCUT2D eigenvalue weighted by atomic mass is 9.97. The van der Waals surface area contributed by atoms with Crippen molar-refractivity contribution in [2.75, 3.05) is 7.11 Å². The van der Waals surface area contributed by atoms with Crippen LogP contribution in [0.1, 0.15) is 29.3 Å². The summed E-state index contributed by atoms with van der Waals surface area (Å²) in [6, 6.07) is 3.18. The van der Waals surface area contributed by atoms with Crippen LogP contribution in [0.3, 0.4) is 0 Å². The third-order valence-electron chi connectivity index (χ3n) is 3.78. The SMILES string of the molecule is C=C(C)C=Cc1c(OC)ccc(C(=O)C=CC2C=CC=C(O)C2)c1O. The molecule has 0 saturated carbocycles. The lowest BCUT2D eigenvalue weighted by molar-refractivity contribution is 0.104. The Morgan fingerprint density at radius 1 is 1.32 bits per heavy atom. The Bertz CT molecular complexity index is 794. The van der Waals surface area contributed by atoms with Crippen LogP contribution in [0.25, 0.3) is 6.08 Å². The summed E-state index contributed by atoms with van der Waals surface area (Å²) in [4.78, 5) is 12.4. The van der Waals surface area contributed by atoms with Gasteiger partial charge in [0.05, 0.1) is 24.0 Å². The van der Waals surface area contributed by atoms with Crippen LogP contribution < -0.4 is 4.74 Å². The highest BCUT2D eigenvalue weighted by molar-refractivity contribution is 6.07. The van der Waals surface area contributed by atoms with E-state index in [0.717, 1.165) is 5.57 Å². The maximum Gasteiger partial charge on any atom is 0.189 e. The first-order valence-electron chi connectivity index (χ1n) is 7.94. The van der Waals surface area contributed by atoms with Gasteiger partial charge < -0.3 is 14.9 Å². The molecule has 1 aliphatic carbocycles. The zero-order chi connectivity index (χ0) is 18.4. The third-order valence-corrected chi connectivity index (χ3v) is 3.78. The van der Waals surface area contributed by atoms with Crippen molar-refractivity contribution in [1.82, 2.24) is 0 Å². The maximum atomic E-state index is 12.4. The Hall–Kier alpha value is -3.01. The van der Waals surface area contributed by atoms with Crippen molar-refractivity contribution in [3.05, 3.63) is 77.6 Å². The first kappa shape index (κ1) is 18.3. The summed E-state index contributed by atoms with van der Waals surface area (Å²) < 4.78 is 5.25. The van der Waals surface area contributed by atoms with Gasteiger partial charge in [0.1, 0.15) is 11.5 Å². The molecule has 2 rings (SSSR count). The molecule has 0 spiro atoms. The van der Waals surface area contributed by atoms with E-state index in [1.807, 2.05) is 13.0 Å². The number of methoxy groups -OCH3 is 1. The molecular formula is C21H22O4. The summed E-state index contributed by atoms with van der Waals surface area (Å²) in [5, 5.41) is 20.0. The minimum Gasteiger partial charge on any atom is -0.512 e. The number of phenols is 1. The smallest absolute Gasteiger partial charge is 0.189 e. The monoisotopic (exact) mass is 338 g/mol. The maximum absolute atomic E-state index is 12.4. The van der Waals surface area contributed by atoms with Crippen molar-refractivity contribution in [2.24, 2.45) is 5.92 Å². The van der Waals surface area contributed by atoms with Crippen LogP contribution in [-0.4, -0.2) is 23.1 Å². The van der Waals surface area contributed by atoms with Crippen molar-refractivity contribution in [3.8, 4) is 11.5 Å². The van der Waals surface area contributed by atoms with Crippen molar-refractivity contribution in [1.29, 1.82) is 0 Å². The number of aliphatic hydroxyl groups is 1. The standard InChI is InChI=1S/C21H22O4/c1-14(2)7-9-18-20(25-3)12-10-17(21(18)24)19(23)11-8-15-5-4-6-16(22)13-15/h4-12,15,22,24H,1,13H2,2-3H3. The number of allylic oxidation sites excluding steroid dienone is 8. The van der Waals surface area contributed by atoms with E-state index in [9.17, 15) is 15.0 Å². The van der Waals surface area contributed by atoms with Gasteiger partial charge in [-0.3, -0.25) is 4.79 Å². The minimum atomic E-state index is -0.312. The van der Waals surface area contributed by atoms with Gasteiger partial charge in [-0.25, -0.2) is 0 Å². The Kier molecular flexibility index (Phi) is 6.01. The van der Waals surface area contributed by atoms with Crippen LogP contribution in [0, 0.1) is 5.92 Å². The molecule has 1 aliphatic rings. The van der Waals surface area contributed by atoms with E-state index in [0.29, 0.717) is 17.7 Å². The summed E-state index contributed by atoms with van der Waals surface area (Å²) >= 11 is 0. The largest absolute Gasteiger partial charge is 0.512 e. The van der Waals surface area contributed by atoms with Crippen LogP contribution >= 0.6 is 0 Å². The van der Waals surface area contributed by atoms with Crippen LogP contribution in [-0.2, 0) is 0 Å². The molecule has 1 aromatic rings. The first-order valence-corrected chi connectivity index (χ1v) is 7.94. The van der Waals surface area contributed by atoms with E-state index in [1.54, 1.807) is 36.4 Å². The first-order chi connectivity index (χ1) is 11.9. The van der Waals surface area contributed by atoms with Crippen LogP contribution in [0.5, 0.6) is 11.5 Å². The quantitative estimate of drug-likeness (QED) is 0.446. The van der Waals surface area contributed by atoms with Crippen molar-refractivity contribution >= 4 is 11.9 Å². The number of rotatable bonds is 6. The Morgan fingerprint density at radius 3 is 2.72 bits per heavy atom. The number of benzene rings is 1. The molecule has 25 heavy (non-hydrogen) atoms. The van der Waals surface area contributed by atoms with Crippen molar-refractivity contribution in [2.45, 2.75) is 13.3 Å². The predicted molar refractivity (Wildman–Crippen MR) is 99.9 cm³/mol. The second-order valence-electron chi connectivity index (χ2n) is 5.89. The molecule has 4 nitrogen and oxygen atoms in total. The van der Waals surface area contributed by atoms with Crippen molar-refractivity contribution < 1.29 is 19.7 Å². The van der Waals surface area contributed by atoms with Crippen molar-refractivity contribution in [3.63, 3.8) is 0 Å². The molecule has 0 heterocycles. The van der Waals surface area contributed by atoms with Gasteiger partial charge in [0, 0.05) is 12.3 Å². The second kappa shape index (κ2) is 8.20. The lowest BCUT2D eigenvalue weighted by Crippen LogP contribution is -2.02. The molecular weight excluding hydrogens is 316 g/mol. The van der Waals surface area contributed by atoms with E-state index in [4.69, 9.17) is 4.74 Å². The molecule has 1 aromatic carbocycles. The number of hydrogen-bond acceptors (Lipinski definition) is 4. The number of aliphatic hydroxyl groups excluding tert-OH is 1. The zero-order valence-corrected chi connectivity index (χ0v) is 14.4. The number of hydrogen-bond donors (Lipinski definition) is 2. The number of ketones is 1. The summed E-state index contributed by atoms with van der Waals surface area (Å²) in [6.45, 7) is 5.61. The van der Waals surface area contributed by atoms with Gasteiger partial charge in [-0.2, -0.15) is 0 Å². The number of aromatic hydroxyl groups is 1. The highest BCUT2D eigenvalue weighted by Crippen LogP contribution is 2.33. The Labute approximate surface area is 147 Å². The summed E-state index contributed by atoms with van der Waals surface area (Å²) in [6.07, 6.45) is 12.3. The number of carbonyl (C=O) groups is 1. The molecule has 0 aliphatic heterocycles. The number of ether oxygens (including phenoxy) is 1. The van der Waals surface area contributed by atoms with Gasteiger partial charge in [-0.1, -0.05) is 36.5 Å².